The second-order valence-corrected chi connectivity index (χ2v) is 10.1. The summed E-state index contributed by atoms with van der Waals surface area (Å²) in [5.41, 5.74) is 0.511. The number of amides is 1. The van der Waals surface area contributed by atoms with Crippen LogP contribution in [0.2, 0.25) is 5.02 Å². The fourth-order valence-electron chi connectivity index (χ4n) is 3.66. The minimum Gasteiger partial charge on any atom is -0.355 e. The molecule has 1 aromatic carbocycles. The molecule has 4 rings (SSSR count). The molecule has 2 aromatic heterocycles. The van der Waals surface area contributed by atoms with Gasteiger partial charge >= 0.3 is 0 Å². The molecule has 10 heteroatoms. The maximum atomic E-state index is 13.8. The smallest absolute Gasteiger partial charge is 0.241 e. The number of carbonyl (C=O) groups excluding carboxylic acids is 1. The van der Waals surface area contributed by atoms with E-state index in [-0.39, 0.29) is 17.6 Å². The van der Waals surface area contributed by atoms with Gasteiger partial charge in [-0.1, -0.05) is 28.9 Å². The van der Waals surface area contributed by atoms with Crippen molar-refractivity contribution >= 4 is 40.6 Å². The Balaban J connectivity index is 1.19. The van der Waals surface area contributed by atoms with Crippen molar-refractivity contribution < 1.29 is 13.7 Å². The topological polar surface area (TPSA) is 71.3 Å². The average Bonchev–Trinajstić information content (AvgIpc) is 3.47. The molecule has 1 aliphatic rings. The Labute approximate surface area is 199 Å². The summed E-state index contributed by atoms with van der Waals surface area (Å²) in [5.74, 6) is 2.06. The number of thiophene rings is 1. The number of halogens is 2. The third-order valence-corrected chi connectivity index (χ3v) is 7.50. The lowest BCUT2D eigenvalue weighted by atomic mass is 9.97. The summed E-state index contributed by atoms with van der Waals surface area (Å²) in [4.78, 5) is 20.3. The number of hydrogen-bond acceptors (Lipinski definition) is 7. The summed E-state index contributed by atoms with van der Waals surface area (Å²) < 4.78 is 19.2. The van der Waals surface area contributed by atoms with E-state index in [0.29, 0.717) is 53.4 Å². The van der Waals surface area contributed by atoms with Gasteiger partial charge in [0, 0.05) is 35.2 Å². The number of likely N-dealkylation sites (tertiary alicyclic amines) is 1. The molecule has 3 aromatic rings. The van der Waals surface area contributed by atoms with E-state index in [1.165, 1.54) is 6.07 Å². The quantitative estimate of drug-likeness (QED) is 0.429. The lowest BCUT2D eigenvalue weighted by Gasteiger charge is -2.30. The molecule has 32 heavy (non-hydrogen) atoms. The molecule has 0 aliphatic carbocycles. The van der Waals surface area contributed by atoms with Gasteiger partial charge in [0.05, 0.1) is 17.3 Å². The number of carbonyl (C=O) groups is 1. The molecular formula is C22H24ClFN4O2S2. The Morgan fingerprint density at radius 2 is 2.28 bits per heavy atom. The molecule has 1 atom stereocenters. The molecule has 0 saturated carbocycles. The number of benzene rings is 1. The molecular weight excluding hydrogens is 471 g/mol. The zero-order chi connectivity index (χ0) is 22.3. The van der Waals surface area contributed by atoms with Gasteiger partial charge in [-0.05, 0) is 43.0 Å². The van der Waals surface area contributed by atoms with Crippen LogP contribution in [0.3, 0.4) is 0 Å². The van der Waals surface area contributed by atoms with E-state index in [4.69, 9.17) is 16.1 Å². The van der Waals surface area contributed by atoms with Gasteiger partial charge in [0.25, 0.3) is 0 Å². The lowest BCUT2D eigenvalue weighted by Crippen LogP contribution is -2.43. The highest BCUT2D eigenvalue weighted by Gasteiger charge is 2.26. The summed E-state index contributed by atoms with van der Waals surface area (Å²) in [6.45, 7) is 2.65. The Hall–Kier alpha value is -1.94. The predicted molar refractivity (Wildman–Crippen MR) is 126 cm³/mol. The maximum Gasteiger partial charge on any atom is 0.241 e. The first-order valence-corrected chi connectivity index (χ1v) is 12.9. The first kappa shape index (κ1) is 23.2. The van der Waals surface area contributed by atoms with E-state index in [1.807, 2.05) is 17.5 Å². The molecule has 1 fully saturated rings. The zero-order valence-electron chi connectivity index (χ0n) is 17.4. The van der Waals surface area contributed by atoms with E-state index < -0.39 is 0 Å². The van der Waals surface area contributed by atoms with Crippen molar-refractivity contribution in [2.24, 2.45) is 5.92 Å². The van der Waals surface area contributed by atoms with Crippen molar-refractivity contribution in [1.29, 1.82) is 0 Å². The second kappa shape index (κ2) is 11.3. The average molecular weight is 495 g/mol. The van der Waals surface area contributed by atoms with E-state index in [0.717, 1.165) is 24.3 Å². The number of nitrogens with one attached hydrogen (secondary N) is 1. The molecule has 1 saturated heterocycles. The van der Waals surface area contributed by atoms with E-state index in [9.17, 15) is 9.18 Å². The van der Waals surface area contributed by atoms with E-state index >= 15 is 0 Å². The van der Waals surface area contributed by atoms with Gasteiger partial charge in [0.2, 0.25) is 17.6 Å². The molecule has 1 unspecified atom stereocenters. The van der Waals surface area contributed by atoms with Crippen LogP contribution in [-0.2, 0) is 17.1 Å². The summed E-state index contributed by atoms with van der Waals surface area (Å²) in [5, 5.41) is 9.48. The first-order chi connectivity index (χ1) is 15.6. The highest BCUT2D eigenvalue weighted by Crippen LogP contribution is 2.25. The number of thioether (sulfide) groups is 1. The first-order valence-electron chi connectivity index (χ1n) is 10.5. The van der Waals surface area contributed by atoms with E-state index in [2.05, 4.69) is 20.4 Å². The molecule has 170 valence electrons. The van der Waals surface area contributed by atoms with Crippen molar-refractivity contribution in [3.05, 3.63) is 58.0 Å². The van der Waals surface area contributed by atoms with Crippen LogP contribution in [-0.4, -0.2) is 46.3 Å². The van der Waals surface area contributed by atoms with Crippen LogP contribution in [0.1, 0.15) is 24.3 Å². The molecule has 1 N–H and O–H groups in total. The molecule has 1 aliphatic heterocycles. The van der Waals surface area contributed by atoms with Crippen LogP contribution in [0.15, 0.2) is 40.2 Å². The van der Waals surface area contributed by atoms with Crippen molar-refractivity contribution in [1.82, 2.24) is 20.4 Å². The summed E-state index contributed by atoms with van der Waals surface area (Å²) in [6, 6.07) is 8.62. The zero-order valence-corrected chi connectivity index (χ0v) is 19.8. The van der Waals surface area contributed by atoms with Gasteiger partial charge in [-0.3, -0.25) is 9.69 Å². The summed E-state index contributed by atoms with van der Waals surface area (Å²) >= 11 is 9.17. The molecule has 6 nitrogen and oxygen atoms in total. The van der Waals surface area contributed by atoms with Crippen molar-refractivity contribution in [2.75, 3.05) is 25.4 Å². The number of piperidine rings is 1. The monoisotopic (exact) mass is 494 g/mol. The van der Waals surface area contributed by atoms with Gasteiger partial charge in [-0.25, -0.2) is 4.39 Å². The molecule has 3 heterocycles. The van der Waals surface area contributed by atoms with Crippen LogP contribution < -0.4 is 5.32 Å². The number of aromatic nitrogens is 2. The van der Waals surface area contributed by atoms with Crippen molar-refractivity contribution in [3.63, 3.8) is 0 Å². The largest absolute Gasteiger partial charge is 0.355 e. The van der Waals surface area contributed by atoms with Crippen LogP contribution in [0.4, 0.5) is 4.39 Å². The molecule has 1 amide bonds. The van der Waals surface area contributed by atoms with Crippen molar-refractivity contribution in [2.45, 2.75) is 25.1 Å². The fourth-order valence-corrected chi connectivity index (χ4v) is 5.51. The highest BCUT2D eigenvalue weighted by molar-refractivity contribution is 7.98. The SMILES string of the molecule is O=C(NCCSCc1c(F)cccc1Cl)C1CCCN(Cc2nc(-c3cccs3)no2)C1. The standard InChI is InChI=1S/C22H24ClFN4O2S2/c23-17-5-1-6-18(24)16(17)14-31-11-8-25-22(29)15-4-2-9-28(12-15)13-20-26-21(27-30-20)19-7-3-10-32-19/h1,3,5-7,10,15H,2,4,8-9,11-14H2,(H,25,29). The Kier molecular flexibility index (Phi) is 8.18. The summed E-state index contributed by atoms with van der Waals surface area (Å²) in [7, 11) is 0. The molecule has 0 bridgehead atoms. The number of rotatable bonds is 9. The second-order valence-electron chi connectivity index (χ2n) is 7.61. The van der Waals surface area contributed by atoms with E-state index in [1.54, 1.807) is 35.2 Å². The van der Waals surface area contributed by atoms with Crippen LogP contribution >= 0.6 is 34.7 Å². The third kappa shape index (κ3) is 6.10. The highest BCUT2D eigenvalue weighted by atomic mass is 35.5. The Morgan fingerprint density at radius 3 is 3.09 bits per heavy atom. The molecule has 0 radical (unpaired) electrons. The number of nitrogens with zero attached hydrogens (tertiary/aromatic N) is 3. The van der Waals surface area contributed by atoms with Gasteiger partial charge in [0.1, 0.15) is 5.82 Å². The summed E-state index contributed by atoms with van der Waals surface area (Å²) in [6.07, 6.45) is 1.81. The minimum absolute atomic E-state index is 0.0593. The Bertz CT molecular complexity index is 1010. The lowest BCUT2D eigenvalue weighted by molar-refractivity contribution is -0.126. The van der Waals surface area contributed by atoms with Crippen LogP contribution in [0, 0.1) is 11.7 Å². The van der Waals surface area contributed by atoms with Gasteiger partial charge in [-0.15, -0.1) is 11.3 Å². The molecule has 0 spiro atoms. The van der Waals surface area contributed by atoms with Gasteiger partial charge in [0.15, 0.2) is 0 Å². The Morgan fingerprint density at radius 1 is 1.38 bits per heavy atom. The van der Waals surface area contributed by atoms with Crippen LogP contribution in [0.5, 0.6) is 0 Å². The van der Waals surface area contributed by atoms with Crippen molar-refractivity contribution in [3.8, 4) is 10.7 Å². The minimum atomic E-state index is -0.292. The fraction of sp³-hybridized carbons (Fsp3) is 0.409. The van der Waals surface area contributed by atoms with Gasteiger partial charge < -0.3 is 9.84 Å². The third-order valence-electron chi connectivity index (χ3n) is 5.30. The van der Waals surface area contributed by atoms with Crippen LogP contribution in [0.25, 0.3) is 10.7 Å². The van der Waals surface area contributed by atoms with Gasteiger partial charge in [-0.2, -0.15) is 16.7 Å². The maximum absolute atomic E-state index is 13.8. The number of hydrogen-bond donors (Lipinski definition) is 1. The predicted octanol–water partition coefficient (Wildman–Crippen LogP) is 4.85. The normalized spacial score (nSPS) is 16.9.